The number of aliphatic hydroxyl groups excluding tert-OH is 2. The summed E-state index contributed by atoms with van der Waals surface area (Å²) in [4.78, 5) is 14.8. The highest BCUT2D eigenvalue weighted by molar-refractivity contribution is 6.01. The van der Waals surface area contributed by atoms with Gasteiger partial charge in [0.05, 0.1) is 6.10 Å². The van der Waals surface area contributed by atoms with Crippen molar-refractivity contribution in [1.29, 1.82) is 5.26 Å². The average molecular weight is 490 g/mol. The highest BCUT2D eigenvalue weighted by Gasteiger charge is 2.31. The maximum Gasteiger partial charge on any atom is 0.262 e. The summed E-state index contributed by atoms with van der Waals surface area (Å²) in [6.45, 7) is 6.45. The Balaban J connectivity index is 1.46. The molecule has 4 rings (SSSR count). The van der Waals surface area contributed by atoms with Crippen molar-refractivity contribution in [3.63, 3.8) is 0 Å². The summed E-state index contributed by atoms with van der Waals surface area (Å²) in [5, 5.41) is 34.0. The van der Waals surface area contributed by atoms with Crippen LogP contribution in [0.5, 0.6) is 0 Å². The maximum absolute atomic E-state index is 12.5. The monoisotopic (exact) mass is 489 g/mol. The molecule has 3 N–H and O–H groups in total. The highest BCUT2D eigenvalue weighted by atomic mass is 16.5. The SMILES string of the molecule is CCN(CC)c1ccc2cc(-c3ccc(/C=C(\C#N)C(=O)NC[C@H]4OCC[C@@H](O)[C@@H]4O)o3)ccc2c1. The van der Waals surface area contributed by atoms with Crippen LogP contribution < -0.4 is 10.2 Å². The second-order valence-corrected chi connectivity index (χ2v) is 8.76. The second-order valence-electron chi connectivity index (χ2n) is 8.76. The summed E-state index contributed by atoms with van der Waals surface area (Å²) in [7, 11) is 0. The number of carbonyl (C=O) groups excluding carboxylic acids is 1. The number of aliphatic hydroxyl groups is 2. The van der Waals surface area contributed by atoms with Gasteiger partial charge in [0, 0.05) is 43.6 Å². The molecule has 1 saturated heterocycles. The van der Waals surface area contributed by atoms with Gasteiger partial charge in [0.1, 0.15) is 35.4 Å². The third-order valence-corrected chi connectivity index (χ3v) is 6.50. The van der Waals surface area contributed by atoms with Crippen molar-refractivity contribution in [3.05, 3.63) is 59.9 Å². The largest absolute Gasteiger partial charge is 0.457 e. The first-order valence-corrected chi connectivity index (χ1v) is 12.2. The topological polar surface area (TPSA) is 119 Å². The van der Waals surface area contributed by atoms with Crippen LogP contribution in [0.15, 0.2) is 58.5 Å². The predicted octanol–water partition coefficient (Wildman–Crippen LogP) is 3.48. The number of anilines is 1. The van der Waals surface area contributed by atoms with Gasteiger partial charge in [-0.1, -0.05) is 18.2 Å². The van der Waals surface area contributed by atoms with Gasteiger partial charge < -0.3 is 29.6 Å². The molecule has 3 atom stereocenters. The molecule has 36 heavy (non-hydrogen) atoms. The van der Waals surface area contributed by atoms with Crippen molar-refractivity contribution in [2.24, 2.45) is 0 Å². The van der Waals surface area contributed by atoms with Gasteiger partial charge in [-0.2, -0.15) is 5.26 Å². The molecule has 0 radical (unpaired) electrons. The lowest BCUT2D eigenvalue weighted by molar-refractivity contribution is -0.136. The standard InChI is InChI=1S/C28H31N3O5/c1-3-31(4-2)22-8-7-18-13-20(6-5-19(18)14-22)25-10-9-23(36-25)15-21(16-29)28(34)30-17-26-27(33)24(32)11-12-35-26/h5-10,13-15,24,26-27,32-33H,3-4,11-12,17H2,1-2H3,(H,30,34)/b21-15+/t24-,26-,27+/m1/s1. The minimum Gasteiger partial charge on any atom is -0.457 e. The van der Waals surface area contributed by atoms with Gasteiger partial charge in [-0.15, -0.1) is 0 Å². The Morgan fingerprint density at radius 3 is 2.64 bits per heavy atom. The van der Waals surface area contributed by atoms with Gasteiger partial charge in [-0.25, -0.2) is 0 Å². The van der Waals surface area contributed by atoms with Crippen LogP contribution in [0.2, 0.25) is 0 Å². The number of nitrogens with one attached hydrogen (secondary N) is 1. The summed E-state index contributed by atoms with van der Waals surface area (Å²) in [6, 6.07) is 17.9. The summed E-state index contributed by atoms with van der Waals surface area (Å²) in [5.74, 6) is 0.389. The average Bonchev–Trinajstić information content (AvgIpc) is 3.37. The molecule has 0 saturated carbocycles. The molecule has 1 aliphatic heterocycles. The smallest absolute Gasteiger partial charge is 0.262 e. The molecule has 0 aliphatic carbocycles. The van der Waals surface area contributed by atoms with E-state index in [1.165, 1.54) is 11.8 Å². The number of carbonyl (C=O) groups is 1. The van der Waals surface area contributed by atoms with Crippen molar-refractivity contribution in [2.45, 2.75) is 38.6 Å². The number of ether oxygens (including phenoxy) is 1. The lowest BCUT2D eigenvalue weighted by Gasteiger charge is -2.31. The van der Waals surface area contributed by atoms with Crippen LogP contribution in [-0.2, 0) is 9.53 Å². The molecular formula is C28H31N3O5. The molecule has 1 fully saturated rings. The van der Waals surface area contributed by atoms with Crippen LogP contribution in [-0.4, -0.2) is 60.7 Å². The van der Waals surface area contributed by atoms with Gasteiger partial charge >= 0.3 is 0 Å². The van der Waals surface area contributed by atoms with E-state index in [4.69, 9.17) is 9.15 Å². The molecule has 8 nitrogen and oxygen atoms in total. The third kappa shape index (κ3) is 5.60. The number of nitrogens with zero attached hydrogens (tertiary/aromatic N) is 2. The normalized spacial score (nSPS) is 20.2. The summed E-state index contributed by atoms with van der Waals surface area (Å²) >= 11 is 0. The Labute approximate surface area is 210 Å². The van der Waals surface area contributed by atoms with Crippen molar-refractivity contribution < 1.29 is 24.2 Å². The molecule has 1 aliphatic rings. The first-order chi connectivity index (χ1) is 17.4. The maximum atomic E-state index is 12.5. The fourth-order valence-electron chi connectivity index (χ4n) is 4.37. The predicted molar refractivity (Wildman–Crippen MR) is 138 cm³/mol. The van der Waals surface area contributed by atoms with Crippen LogP contribution in [0.25, 0.3) is 28.2 Å². The number of hydrogen-bond acceptors (Lipinski definition) is 7. The minimum atomic E-state index is -1.09. The van der Waals surface area contributed by atoms with Crippen LogP contribution in [0.3, 0.4) is 0 Å². The Morgan fingerprint density at radius 1 is 1.14 bits per heavy atom. The Morgan fingerprint density at radius 2 is 1.89 bits per heavy atom. The number of benzene rings is 2. The van der Waals surface area contributed by atoms with Crippen LogP contribution in [0.1, 0.15) is 26.0 Å². The zero-order valence-electron chi connectivity index (χ0n) is 20.5. The second kappa shape index (κ2) is 11.4. The van der Waals surface area contributed by atoms with E-state index in [-0.39, 0.29) is 12.1 Å². The Kier molecular flexibility index (Phi) is 8.06. The molecule has 1 aromatic heterocycles. The van der Waals surface area contributed by atoms with E-state index in [1.54, 1.807) is 12.1 Å². The van der Waals surface area contributed by atoms with Crippen LogP contribution >= 0.6 is 0 Å². The quantitative estimate of drug-likeness (QED) is 0.327. The fourth-order valence-corrected chi connectivity index (χ4v) is 4.37. The van der Waals surface area contributed by atoms with E-state index in [1.807, 2.05) is 12.1 Å². The molecule has 2 heterocycles. The molecule has 8 heteroatoms. The minimum absolute atomic E-state index is 0.0213. The molecule has 0 spiro atoms. The third-order valence-electron chi connectivity index (χ3n) is 6.50. The molecule has 1 amide bonds. The number of hydrogen-bond donors (Lipinski definition) is 3. The van der Waals surface area contributed by atoms with E-state index in [0.717, 1.165) is 29.4 Å². The zero-order chi connectivity index (χ0) is 25.7. The van der Waals surface area contributed by atoms with Crippen LogP contribution in [0.4, 0.5) is 5.69 Å². The van der Waals surface area contributed by atoms with Crippen molar-refractivity contribution >= 4 is 28.4 Å². The molecule has 3 aromatic rings. The van der Waals surface area contributed by atoms with E-state index in [2.05, 4.69) is 54.4 Å². The molecule has 0 bridgehead atoms. The van der Waals surface area contributed by atoms with E-state index in [9.17, 15) is 20.3 Å². The number of furan rings is 1. The van der Waals surface area contributed by atoms with Gasteiger partial charge in [0.2, 0.25) is 0 Å². The molecule has 0 unspecified atom stereocenters. The van der Waals surface area contributed by atoms with Gasteiger partial charge in [0.25, 0.3) is 5.91 Å². The number of fused-ring (bicyclic) bond motifs is 1. The van der Waals surface area contributed by atoms with Gasteiger partial charge in [-0.05, 0) is 61.4 Å². The Bertz CT molecular complexity index is 1290. The number of nitriles is 1. The summed E-state index contributed by atoms with van der Waals surface area (Å²) in [5.41, 5.74) is 1.95. The highest BCUT2D eigenvalue weighted by Crippen LogP contribution is 2.29. The lowest BCUT2D eigenvalue weighted by atomic mass is 10.0. The van der Waals surface area contributed by atoms with E-state index in [0.29, 0.717) is 24.5 Å². The molecular weight excluding hydrogens is 458 g/mol. The van der Waals surface area contributed by atoms with E-state index >= 15 is 0 Å². The van der Waals surface area contributed by atoms with E-state index < -0.39 is 24.2 Å². The number of amides is 1. The number of rotatable bonds is 8. The van der Waals surface area contributed by atoms with Gasteiger partial charge in [0.15, 0.2) is 0 Å². The zero-order valence-corrected chi connectivity index (χ0v) is 20.5. The summed E-state index contributed by atoms with van der Waals surface area (Å²) in [6.07, 6.45) is -1.00. The molecule has 188 valence electrons. The van der Waals surface area contributed by atoms with Crippen molar-refractivity contribution in [3.8, 4) is 17.4 Å². The first-order valence-electron chi connectivity index (χ1n) is 12.2. The summed E-state index contributed by atoms with van der Waals surface area (Å²) < 4.78 is 11.3. The van der Waals surface area contributed by atoms with Crippen LogP contribution in [0, 0.1) is 11.3 Å². The van der Waals surface area contributed by atoms with Gasteiger partial charge in [-0.3, -0.25) is 4.79 Å². The lowest BCUT2D eigenvalue weighted by Crippen LogP contribution is -2.50. The Hall–Kier alpha value is -3.64. The molecule has 2 aromatic carbocycles. The first kappa shape index (κ1) is 25.5. The van der Waals surface area contributed by atoms with Crippen molar-refractivity contribution in [2.75, 3.05) is 31.1 Å². The fraction of sp³-hybridized carbons (Fsp3) is 0.357. The van der Waals surface area contributed by atoms with Crippen molar-refractivity contribution in [1.82, 2.24) is 5.32 Å².